The molecule has 0 atom stereocenters. The highest BCUT2D eigenvalue weighted by atomic mass is 35.5. The molecule has 16 heavy (non-hydrogen) atoms. The van der Waals surface area contributed by atoms with Crippen molar-refractivity contribution in [1.82, 2.24) is 9.97 Å². The zero-order chi connectivity index (χ0) is 11.5. The van der Waals surface area contributed by atoms with Crippen LogP contribution in [0.1, 0.15) is 5.56 Å². The lowest BCUT2D eigenvalue weighted by Gasteiger charge is -2.06. The molecule has 0 spiro atoms. The van der Waals surface area contributed by atoms with Gasteiger partial charge in [-0.3, -0.25) is 0 Å². The van der Waals surface area contributed by atoms with Crippen LogP contribution in [-0.4, -0.2) is 9.97 Å². The Balaban J connectivity index is 2.24. The summed E-state index contributed by atoms with van der Waals surface area (Å²) in [6, 6.07) is 6.43. The number of hydrogen-bond acceptors (Lipinski definition) is 3. The van der Waals surface area contributed by atoms with Gasteiger partial charge in [-0.2, -0.15) is 0 Å². The number of hydrogen-bond donors (Lipinski definition) is 1. The van der Waals surface area contributed by atoms with E-state index in [1.165, 1.54) is 6.07 Å². The molecular formula is C11H9ClFN3. The summed E-state index contributed by atoms with van der Waals surface area (Å²) in [6.45, 7) is 1.70. The number of halogens is 2. The Bertz CT molecular complexity index is 516. The Morgan fingerprint density at radius 3 is 2.81 bits per heavy atom. The first kappa shape index (κ1) is 10.8. The zero-order valence-electron chi connectivity index (χ0n) is 8.54. The SMILES string of the molecule is Cc1cc(Nc2ccnc(Cl)n2)ccc1F. The summed E-state index contributed by atoms with van der Waals surface area (Å²) in [4.78, 5) is 7.74. The van der Waals surface area contributed by atoms with Gasteiger partial charge in [0, 0.05) is 11.9 Å². The van der Waals surface area contributed by atoms with Gasteiger partial charge in [-0.05, 0) is 48.4 Å². The van der Waals surface area contributed by atoms with Gasteiger partial charge in [0.2, 0.25) is 5.28 Å². The second kappa shape index (κ2) is 4.45. The third-order valence-electron chi connectivity index (χ3n) is 2.06. The summed E-state index contributed by atoms with van der Waals surface area (Å²) in [5, 5.41) is 3.18. The van der Waals surface area contributed by atoms with Crippen LogP contribution in [0, 0.1) is 12.7 Å². The summed E-state index contributed by atoms with van der Waals surface area (Å²) in [7, 11) is 0. The first-order chi connectivity index (χ1) is 7.65. The molecule has 0 radical (unpaired) electrons. The van der Waals surface area contributed by atoms with Crippen LogP contribution in [-0.2, 0) is 0 Å². The molecule has 0 aliphatic heterocycles. The van der Waals surface area contributed by atoms with Crippen molar-refractivity contribution in [1.29, 1.82) is 0 Å². The summed E-state index contributed by atoms with van der Waals surface area (Å²) in [6.07, 6.45) is 1.55. The maximum atomic E-state index is 13.0. The Morgan fingerprint density at radius 2 is 2.12 bits per heavy atom. The van der Waals surface area contributed by atoms with Gasteiger partial charge >= 0.3 is 0 Å². The molecule has 82 valence electrons. The first-order valence-corrected chi connectivity index (χ1v) is 5.04. The van der Waals surface area contributed by atoms with E-state index in [1.54, 1.807) is 31.3 Å². The molecule has 1 aromatic carbocycles. The van der Waals surface area contributed by atoms with Crippen LogP contribution in [0.15, 0.2) is 30.5 Å². The molecule has 0 bridgehead atoms. The first-order valence-electron chi connectivity index (χ1n) is 4.67. The molecule has 1 aromatic heterocycles. The minimum Gasteiger partial charge on any atom is -0.340 e. The Hall–Kier alpha value is -1.68. The topological polar surface area (TPSA) is 37.8 Å². The van der Waals surface area contributed by atoms with Gasteiger partial charge in [0.1, 0.15) is 11.6 Å². The van der Waals surface area contributed by atoms with Crippen molar-refractivity contribution in [2.24, 2.45) is 0 Å². The van der Waals surface area contributed by atoms with Crippen molar-refractivity contribution in [3.05, 3.63) is 47.1 Å². The summed E-state index contributed by atoms with van der Waals surface area (Å²) in [5.41, 5.74) is 1.33. The minimum absolute atomic E-state index is 0.170. The van der Waals surface area contributed by atoms with E-state index in [4.69, 9.17) is 11.6 Å². The van der Waals surface area contributed by atoms with Crippen LogP contribution in [0.25, 0.3) is 0 Å². The second-order valence-electron chi connectivity index (χ2n) is 3.30. The van der Waals surface area contributed by atoms with Gasteiger partial charge in [-0.25, -0.2) is 14.4 Å². The maximum absolute atomic E-state index is 13.0. The van der Waals surface area contributed by atoms with Crippen molar-refractivity contribution >= 4 is 23.1 Å². The Morgan fingerprint density at radius 1 is 1.31 bits per heavy atom. The van der Waals surface area contributed by atoms with E-state index in [9.17, 15) is 4.39 Å². The number of nitrogens with one attached hydrogen (secondary N) is 1. The summed E-state index contributed by atoms with van der Waals surface area (Å²) in [5.74, 6) is 0.345. The molecule has 1 heterocycles. The van der Waals surface area contributed by atoms with E-state index >= 15 is 0 Å². The quantitative estimate of drug-likeness (QED) is 0.815. The fourth-order valence-electron chi connectivity index (χ4n) is 1.27. The van der Waals surface area contributed by atoms with Crippen LogP contribution < -0.4 is 5.32 Å². The number of anilines is 2. The largest absolute Gasteiger partial charge is 0.340 e. The van der Waals surface area contributed by atoms with Crippen molar-refractivity contribution in [3.63, 3.8) is 0 Å². The normalized spacial score (nSPS) is 10.2. The molecule has 3 nitrogen and oxygen atoms in total. The molecule has 5 heteroatoms. The molecule has 1 N–H and O–H groups in total. The van der Waals surface area contributed by atoms with E-state index in [-0.39, 0.29) is 11.1 Å². The summed E-state index contributed by atoms with van der Waals surface area (Å²) < 4.78 is 13.0. The average molecular weight is 238 g/mol. The van der Waals surface area contributed by atoms with Crippen LogP contribution in [0.5, 0.6) is 0 Å². The van der Waals surface area contributed by atoms with Crippen LogP contribution in [0.3, 0.4) is 0 Å². The van der Waals surface area contributed by atoms with E-state index < -0.39 is 0 Å². The molecule has 0 aliphatic rings. The van der Waals surface area contributed by atoms with Gasteiger partial charge in [0.25, 0.3) is 0 Å². The zero-order valence-corrected chi connectivity index (χ0v) is 9.29. The van der Waals surface area contributed by atoms with Crippen LogP contribution in [0.2, 0.25) is 5.28 Å². The lowest BCUT2D eigenvalue weighted by molar-refractivity contribution is 0.619. The third-order valence-corrected chi connectivity index (χ3v) is 2.24. The number of aromatic nitrogens is 2. The number of aryl methyl sites for hydroxylation is 1. The van der Waals surface area contributed by atoms with E-state index in [1.807, 2.05) is 0 Å². The molecule has 2 rings (SSSR count). The summed E-state index contributed by atoms with van der Waals surface area (Å²) >= 11 is 5.65. The molecule has 0 unspecified atom stereocenters. The van der Waals surface area contributed by atoms with Crippen LogP contribution in [0.4, 0.5) is 15.9 Å². The van der Waals surface area contributed by atoms with Gasteiger partial charge in [-0.15, -0.1) is 0 Å². The predicted octanol–water partition coefficient (Wildman–Crippen LogP) is 3.32. The van der Waals surface area contributed by atoms with E-state index in [0.717, 1.165) is 5.69 Å². The van der Waals surface area contributed by atoms with E-state index in [2.05, 4.69) is 15.3 Å². The fourth-order valence-corrected chi connectivity index (χ4v) is 1.42. The standard InChI is InChI=1S/C11H9ClFN3/c1-7-6-8(2-3-9(7)13)15-10-4-5-14-11(12)16-10/h2-6H,1H3,(H,14,15,16). The van der Waals surface area contributed by atoms with Gasteiger partial charge < -0.3 is 5.32 Å². The monoisotopic (exact) mass is 237 g/mol. The van der Waals surface area contributed by atoms with Crippen molar-refractivity contribution < 1.29 is 4.39 Å². The molecular weight excluding hydrogens is 229 g/mol. The van der Waals surface area contributed by atoms with Gasteiger partial charge in [0.15, 0.2) is 0 Å². The highest BCUT2D eigenvalue weighted by molar-refractivity contribution is 6.28. The highest BCUT2D eigenvalue weighted by Crippen LogP contribution is 2.18. The minimum atomic E-state index is -0.230. The number of nitrogens with zero attached hydrogens (tertiary/aromatic N) is 2. The number of rotatable bonds is 2. The van der Waals surface area contributed by atoms with Crippen LogP contribution >= 0.6 is 11.6 Å². The number of benzene rings is 1. The Kier molecular flexibility index (Phi) is 3.01. The molecule has 0 saturated carbocycles. The molecule has 2 aromatic rings. The van der Waals surface area contributed by atoms with Crippen molar-refractivity contribution in [3.8, 4) is 0 Å². The Labute approximate surface area is 97.3 Å². The lowest BCUT2D eigenvalue weighted by Crippen LogP contribution is -1.95. The second-order valence-corrected chi connectivity index (χ2v) is 3.64. The fraction of sp³-hybridized carbons (Fsp3) is 0.0909. The molecule has 0 saturated heterocycles. The maximum Gasteiger partial charge on any atom is 0.224 e. The smallest absolute Gasteiger partial charge is 0.224 e. The highest BCUT2D eigenvalue weighted by Gasteiger charge is 2.01. The lowest BCUT2D eigenvalue weighted by atomic mass is 10.2. The van der Waals surface area contributed by atoms with Crippen molar-refractivity contribution in [2.45, 2.75) is 6.92 Å². The predicted molar refractivity (Wildman–Crippen MR) is 61.5 cm³/mol. The van der Waals surface area contributed by atoms with E-state index in [0.29, 0.717) is 11.4 Å². The van der Waals surface area contributed by atoms with Gasteiger partial charge in [-0.1, -0.05) is 0 Å². The van der Waals surface area contributed by atoms with Gasteiger partial charge in [0.05, 0.1) is 0 Å². The molecule has 0 aliphatic carbocycles. The third kappa shape index (κ3) is 2.46. The average Bonchev–Trinajstić information content (AvgIpc) is 2.24. The molecule has 0 amide bonds. The molecule has 0 fully saturated rings. The van der Waals surface area contributed by atoms with Crippen molar-refractivity contribution in [2.75, 3.05) is 5.32 Å².